The Balaban J connectivity index is 1.60. The van der Waals surface area contributed by atoms with Gasteiger partial charge in [-0.05, 0) is 69.0 Å². The van der Waals surface area contributed by atoms with Crippen molar-refractivity contribution in [2.75, 3.05) is 20.4 Å². The molecule has 0 saturated carbocycles. The van der Waals surface area contributed by atoms with E-state index < -0.39 is 23.5 Å². The highest BCUT2D eigenvalue weighted by molar-refractivity contribution is 6.06. The van der Waals surface area contributed by atoms with E-state index in [1.165, 1.54) is 27.8 Å². The standard InChI is InChI=1S/C27H31N3O5/c1-12-6-16-7-17-19(9-28)30-18(23(29(17)5)21(16)14(3)13(12)2)8-27(33)22(20(30)10-31)25-24(34-11-35-25)15(4)26(27)32/h6,17-20,23,31,33H,7-8,10-11H2,1-5H3/t17-,18?,19-,20-,23+,27+/m0/s1. The number of carbonyl (C=O) groups is 1. The average molecular weight is 478 g/mol. The number of carbonyl (C=O) groups excluding carboxylic acids is 1. The summed E-state index contributed by atoms with van der Waals surface area (Å²) in [7, 11) is 2.04. The predicted molar refractivity (Wildman–Crippen MR) is 126 cm³/mol. The third kappa shape index (κ3) is 2.67. The molecule has 1 unspecified atom stereocenters. The van der Waals surface area contributed by atoms with Crippen LogP contribution in [0.1, 0.15) is 47.2 Å². The molecule has 0 amide bonds. The molecule has 8 nitrogen and oxygen atoms in total. The first kappa shape index (κ1) is 22.7. The van der Waals surface area contributed by atoms with Crippen molar-refractivity contribution in [2.45, 2.75) is 76.3 Å². The van der Waals surface area contributed by atoms with Crippen molar-refractivity contribution in [1.29, 1.82) is 5.26 Å². The van der Waals surface area contributed by atoms with Gasteiger partial charge in [0.05, 0.1) is 24.8 Å². The summed E-state index contributed by atoms with van der Waals surface area (Å²) in [6, 6.07) is 2.91. The van der Waals surface area contributed by atoms with Crippen LogP contribution in [0.2, 0.25) is 0 Å². The van der Waals surface area contributed by atoms with E-state index >= 15 is 0 Å². The zero-order chi connectivity index (χ0) is 25.0. The molecule has 35 heavy (non-hydrogen) atoms. The number of likely N-dealkylation sites (N-methyl/N-ethyl adjacent to an activating group) is 1. The van der Waals surface area contributed by atoms with E-state index in [-0.39, 0.29) is 37.9 Å². The van der Waals surface area contributed by atoms with Gasteiger partial charge in [-0.2, -0.15) is 5.26 Å². The van der Waals surface area contributed by atoms with Gasteiger partial charge >= 0.3 is 0 Å². The van der Waals surface area contributed by atoms with E-state index in [9.17, 15) is 20.3 Å². The number of ketones is 1. The van der Waals surface area contributed by atoms with Crippen molar-refractivity contribution in [3.05, 3.63) is 56.5 Å². The molecule has 0 aromatic heterocycles. The van der Waals surface area contributed by atoms with Crippen LogP contribution in [0.3, 0.4) is 0 Å². The largest absolute Gasteiger partial charge is 0.453 e. The van der Waals surface area contributed by atoms with E-state index in [1.54, 1.807) is 6.92 Å². The number of aliphatic hydroxyl groups is 2. The molecule has 0 spiro atoms. The summed E-state index contributed by atoms with van der Waals surface area (Å²) < 4.78 is 11.4. The summed E-state index contributed by atoms with van der Waals surface area (Å²) in [6.07, 6.45) is 0.837. The minimum atomic E-state index is -1.83. The summed E-state index contributed by atoms with van der Waals surface area (Å²) >= 11 is 0. The lowest BCUT2D eigenvalue weighted by Gasteiger charge is -2.62. The minimum Gasteiger partial charge on any atom is -0.453 e. The summed E-state index contributed by atoms with van der Waals surface area (Å²) in [6.45, 7) is 7.64. The molecule has 4 heterocycles. The molecule has 1 aromatic rings. The van der Waals surface area contributed by atoms with Crippen LogP contribution < -0.4 is 0 Å². The Morgan fingerprint density at radius 1 is 1.17 bits per heavy atom. The van der Waals surface area contributed by atoms with E-state index in [0.29, 0.717) is 22.7 Å². The van der Waals surface area contributed by atoms with Crippen LogP contribution in [0.15, 0.2) is 28.7 Å². The number of hydrogen-bond donors (Lipinski definition) is 2. The van der Waals surface area contributed by atoms with Gasteiger partial charge in [-0.1, -0.05) is 6.07 Å². The Kier molecular flexibility index (Phi) is 4.81. The zero-order valence-corrected chi connectivity index (χ0v) is 20.8. The Hall–Kier alpha value is -2.70. The smallest absolute Gasteiger partial charge is 0.231 e. The molecule has 1 aromatic carbocycles. The summed E-state index contributed by atoms with van der Waals surface area (Å²) in [5.41, 5.74) is 4.95. The molecule has 0 radical (unpaired) electrons. The number of nitriles is 1. The van der Waals surface area contributed by atoms with Crippen LogP contribution in [-0.2, 0) is 20.7 Å². The number of aliphatic hydroxyl groups excluding tert-OH is 1. The highest BCUT2D eigenvalue weighted by atomic mass is 16.7. The molecular weight excluding hydrogens is 446 g/mol. The van der Waals surface area contributed by atoms with Crippen LogP contribution in [0, 0.1) is 32.1 Å². The van der Waals surface area contributed by atoms with Crippen LogP contribution in [0.4, 0.5) is 0 Å². The molecule has 6 atom stereocenters. The molecule has 2 N–H and O–H groups in total. The molecule has 6 rings (SSSR count). The average Bonchev–Trinajstić information content (AvgIpc) is 3.31. The SMILES string of the molecule is CC1=C2OCOC2=C2[C@H](CO)N3C(C[C@]2(O)C1=O)[C@@H]1c2c(cc(C)c(C)c2C)C[C@@H]([C@@H]3C#N)N1C. The first-order valence-electron chi connectivity index (χ1n) is 12.2. The monoisotopic (exact) mass is 477 g/mol. The topological polar surface area (TPSA) is 106 Å². The Morgan fingerprint density at radius 3 is 2.57 bits per heavy atom. The van der Waals surface area contributed by atoms with Crippen molar-refractivity contribution in [3.8, 4) is 6.07 Å². The van der Waals surface area contributed by atoms with Gasteiger partial charge in [-0.25, -0.2) is 0 Å². The maximum atomic E-state index is 13.6. The summed E-state index contributed by atoms with van der Waals surface area (Å²) in [5, 5.41) is 33.2. The van der Waals surface area contributed by atoms with Crippen LogP contribution in [0.25, 0.3) is 0 Å². The Morgan fingerprint density at radius 2 is 1.89 bits per heavy atom. The quantitative estimate of drug-likeness (QED) is 0.630. The van der Waals surface area contributed by atoms with Gasteiger partial charge in [0.15, 0.2) is 22.9 Å². The Bertz CT molecular complexity index is 1280. The fourth-order valence-electron chi connectivity index (χ4n) is 7.45. The van der Waals surface area contributed by atoms with Gasteiger partial charge in [0, 0.05) is 29.7 Å². The predicted octanol–water partition coefficient (Wildman–Crippen LogP) is 1.70. The number of nitrogens with zero attached hydrogens (tertiary/aromatic N) is 3. The van der Waals surface area contributed by atoms with Gasteiger partial charge in [0.1, 0.15) is 6.04 Å². The van der Waals surface area contributed by atoms with Crippen LogP contribution >= 0.6 is 0 Å². The normalized spacial score (nSPS) is 36.1. The summed E-state index contributed by atoms with van der Waals surface area (Å²) in [5.74, 6) is 0.258. The lowest BCUT2D eigenvalue weighted by molar-refractivity contribution is -0.150. The first-order chi connectivity index (χ1) is 16.7. The van der Waals surface area contributed by atoms with Crippen molar-refractivity contribution in [3.63, 3.8) is 0 Å². The van der Waals surface area contributed by atoms with E-state index in [0.717, 1.165) is 6.42 Å². The number of piperazine rings is 1. The van der Waals surface area contributed by atoms with Crippen molar-refractivity contribution >= 4 is 5.78 Å². The number of benzene rings is 1. The molecular formula is C27H31N3O5. The highest BCUT2D eigenvalue weighted by Crippen LogP contribution is 2.54. The molecule has 8 heteroatoms. The zero-order valence-electron chi connectivity index (χ0n) is 20.8. The third-order valence-electron chi connectivity index (χ3n) is 9.28. The molecule has 3 saturated heterocycles. The fraction of sp³-hybridized carbons (Fsp3) is 0.556. The number of ether oxygens (including phenoxy) is 2. The second-order valence-corrected chi connectivity index (χ2v) is 10.7. The molecule has 1 aliphatic carbocycles. The first-order valence-corrected chi connectivity index (χ1v) is 12.2. The fourth-order valence-corrected chi connectivity index (χ4v) is 7.45. The van der Waals surface area contributed by atoms with Crippen molar-refractivity contribution in [1.82, 2.24) is 9.80 Å². The molecule has 2 bridgehead atoms. The van der Waals surface area contributed by atoms with Gasteiger partial charge in [-0.15, -0.1) is 0 Å². The van der Waals surface area contributed by atoms with Gasteiger partial charge < -0.3 is 19.7 Å². The molecule has 184 valence electrons. The second-order valence-electron chi connectivity index (χ2n) is 10.7. The maximum Gasteiger partial charge on any atom is 0.231 e. The summed E-state index contributed by atoms with van der Waals surface area (Å²) in [4.78, 5) is 17.9. The van der Waals surface area contributed by atoms with Crippen molar-refractivity contribution < 1.29 is 24.5 Å². The maximum absolute atomic E-state index is 13.6. The number of rotatable bonds is 1. The Labute approximate surface area is 205 Å². The lowest BCUT2D eigenvalue weighted by Crippen LogP contribution is -2.74. The lowest BCUT2D eigenvalue weighted by atomic mass is 9.64. The van der Waals surface area contributed by atoms with Gasteiger partial charge in [-0.3, -0.25) is 14.6 Å². The number of hydrogen-bond acceptors (Lipinski definition) is 8. The van der Waals surface area contributed by atoms with E-state index in [4.69, 9.17) is 9.47 Å². The van der Waals surface area contributed by atoms with Crippen LogP contribution in [-0.4, -0.2) is 76.0 Å². The molecule has 5 aliphatic rings. The number of fused-ring (bicyclic) bond motifs is 8. The molecule has 3 fully saturated rings. The van der Waals surface area contributed by atoms with Gasteiger partial charge in [0.25, 0.3) is 0 Å². The van der Waals surface area contributed by atoms with Gasteiger partial charge in [0.2, 0.25) is 6.79 Å². The van der Waals surface area contributed by atoms with Crippen molar-refractivity contribution in [2.24, 2.45) is 0 Å². The van der Waals surface area contributed by atoms with E-state index in [2.05, 4.69) is 42.7 Å². The van der Waals surface area contributed by atoms with Crippen LogP contribution in [0.5, 0.6) is 0 Å². The number of aryl methyl sites for hydroxylation is 1. The van der Waals surface area contributed by atoms with E-state index in [1.807, 2.05) is 7.05 Å². The second kappa shape index (κ2) is 7.40. The number of piperidine rings is 1. The third-order valence-corrected chi connectivity index (χ3v) is 9.28. The molecule has 4 aliphatic heterocycles. The minimum absolute atomic E-state index is 0.0443. The highest BCUT2D eigenvalue weighted by Gasteiger charge is 2.64. The number of Topliss-reactive ketones (excluding diaryl/α,β-unsaturated/α-hetero) is 1.